The van der Waals surface area contributed by atoms with Crippen LogP contribution in [0.25, 0.3) is 21.9 Å². The third kappa shape index (κ3) is 3.69. The van der Waals surface area contributed by atoms with Gasteiger partial charge in [-0.3, -0.25) is 4.89 Å². The maximum atomic E-state index is 12.7. The lowest BCUT2D eigenvalue weighted by Crippen LogP contribution is -2.23. The first-order chi connectivity index (χ1) is 15.4. The zero-order chi connectivity index (χ0) is 22.3. The quantitative estimate of drug-likeness (QED) is 0.236. The number of carbonyl (C=O) groups excluding carboxylic acids is 1. The molecule has 160 valence electrons. The van der Waals surface area contributed by atoms with E-state index in [1.165, 1.54) is 22.3 Å². The van der Waals surface area contributed by atoms with E-state index >= 15 is 0 Å². The number of carbonyl (C=O) groups is 1. The van der Waals surface area contributed by atoms with E-state index in [-0.39, 0.29) is 12.3 Å². The monoisotopic (exact) mass is 422 g/mol. The van der Waals surface area contributed by atoms with Gasteiger partial charge < -0.3 is 0 Å². The van der Waals surface area contributed by atoms with Gasteiger partial charge in [-0.05, 0) is 64.9 Å². The van der Waals surface area contributed by atoms with Gasteiger partial charge in [0.05, 0.1) is 6.42 Å². The van der Waals surface area contributed by atoms with Crippen LogP contribution in [0.5, 0.6) is 0 Å². The standard InChI is InChI=1S/C29H26O3/c1-29(2,3)32-31-26(30)18-20-17-16-19-10-4-5-11-21(19)27(20)28-24-14-8-6-12-22(24)23-13-7-9-15-25(23)28/h4-17,28H,18H2,1-3H3. The molecule has 0 saturated heterocycles. The van der Waals surface area contributed by atoms with Gasteiger partial charge >= 0.3 is 5.97 Å². The van der Waals surface area contributed by atoms with Crippen LogP contribution in [0.3, 0.4) is 0 Å². The average molecular weight is 423 g/mol. The molecule has 5 rings (SSSR count). The normalized spacial score (nSPS) is 13.1. The summed E-state index contributed by atoms with van der Waals surface area (Å²) in [4.78, 5) is 23.1. The summed E-state index contributed by atoms with van der Waals surface area (Å²) < 4.78 is 0. The summed E-state index contributed by atoms with van der Waals surface area (Å²) in [5.41, 5.74) is 6.62. The minimum atomic E-state index is -0.550. The number of rotatable bonds is 4. The fraction of sp³-hybridized carbons (Fsp3) is 0.207. The van der Waals surface area contributed by atoms with E-state index in [1.54, 1.807) is 0 Å². The highest BCUT2D eigenvalue weighted by atomic mass is 17.2. The summed E-state index contributed by atoms with van der Waals surface area (Å²) in [5, 5.41) is 2.32. The Morgan fingerprint density at radius 2 is 1.38 bits per heavy atom. The molecule has 1 aliphatic carbocycles. The van der Waals surface area contributed by atoms with Crippen LogP contribution in [0.1, 0.15) is 48.9 Å². The lowest BCUT2D eigenvalue weighted by Gasteiger charge is -2.21. The molecule has 32 heavy (non-hydrogen) atoms. The zero-order valence-electron chi connectivity index (χ0n) is 18.6. The summed E-state index contributed by atoms with van der Waals surface area (Å²) in [6, 6.07) is 29.6. The highest BCUT2D eigenvalue weighted by Crippen LogP contribution is 2.50. The van der Waals surface area contributed by atoms with E-state index < -0.39 is 11.6 Å². The Hall–Kier alpha value is -3.43. The third-order valence-electron chi connectivity index (χ3n) is 5.90. The summed E-state index contributed by atoms with van der Waals surface area (Å²) in [6.07, 6.45) is 0.150. The minimum Gasteiger partial charge on any atom is -0.297 e. The SMILES string of the molecule is CC(C)(C)OOC(=O)Cc1ccc2ccccc2c1C1c2ccccc2-c2ccccc21. The van der Waals surface area contributed by atoms with Crippen molar-refractivity contribution >= 4 is 16.7 Å². The molecule has 1 aliphatic rings. The number of hydrogen-bond donors (Lipinski definition) is 0. The van der Waals surface area contributed by atoms with E-state index in [0.29, 0.717) is 0 Å². The average Bonchev–Trinajstić information content (AvgIpc) is 3.11. The first kappa shape index (κ1) is 20.5. The topological polar surface area (TPSA) is 35.5 Å². The molecule has 0 amide bonds. The van der Waals surface area contributed by atoms with Crippen LogP contribution in [0.2, 0.25) is 0 Å². The predicted octanol–water partition coefficient (Wildman–Crippen LogP) is 6.82. The molecule has 4 aromatic carbocycles. The van der Waals surface area contributed by atoms with Gasteiger partial charge in [0.1, 0.15) is 5.60 Å². The third-order valence-corrected chi connectivity index (χ3v) is 5.90. The van der Waals surface area contributed by atoms with Crippen molar-refractivity contribution in [1.82, 2.24) is 0 Å². The van der Waals surface area contributed by atoms with Crippen molar-refractivity contribution in [2.24, 2.45) is 0 Å². The molecule has 0 N–H and O–H groups in total. The van der Waals surface area contributed by atoms with Crippen LogP contribution >= 0.6 is 0 Å². The van der Waals surface area contributed by atoms with Crippen LogP contribution in [0.15, 0.2) is 84.9 Å². The molecule has 0 atom stereocenters. The fourth-order valence-electron chi connectivity index (χ4n) is 4.66. The Morgan fingerprint density at radius 1 is 0.781 bits per heavy atom. The molecule has 0 aromatic heterocycles. The van der Waals surface area contributed by atoms with Crippen LogP contribution in [0, 0.1) is 0 Å². The van der Waals surface area contributed by atoms with Crippen molar-refractivity contribution in [3.8, 4) is 11.1 Å². The predicted molar refractivity (Wildman–Crippen MR) is 127 cm³/mol. The van der Waals surface area contributed by atoms with Gasteiger partial charge in [-0.15, -0.1) is 0 Å². The van der Waals surface area contributed by atoms with Gasteiger partial charge in [0.25, 0.3) is 0 Å². The molecule has 0 unspecified atom stereocenters. The Labute approximate surface area is 188 Å². The van der Waals surface area contributed by atoms with Crippen molar-refractivity contribution < 1.29 is 14.6 Å². The molecule has 4 aromatic rings. The van der Waals surface area contributed by atoms with E-state index in [1.807, 2.05) is 26.8 Å². The molecule has 0 saturated carbocycles. The zero-order valence-corrected chi connectivity index (χ0v) is 18.6. The molecule has 0 fully saturated rings. The molecule has 0 radical (unpaired) electrons. The van der Waals surface area contributed by atoms with E-state index in [4.69, 9.17) is 9.78 Å². The lowest BCUT2D eigenvalue weighted by molar-refractivity contribution is -0.320. The van der Waals surface area contributed by atoms with E-state index in [2.05, 4.69) is 78.9 Å². The van der Waals surface area contributed by atoms with Crippen LogP contribution in [-0.4, -0.2) is 11.6 Å². The maximum absolute atomic E-state index is 12.7. The molecule has 0 aliphatic heterocycles. The molecule has 0 spiro atoms. The van der Waals surface area contributed by atoms with Crippen molar-refractivity contribution in [2.45, 2.75) is 38.7 Å². The van der Waals surface area contributed by atoms with Crippen LogP contribution < -0.4 is 0 Å². The molecular formula is C29H26O3. The molecule has 0 bridgehead atoms. The Kier molecular flexibility index (Phi) is 5.07. The fourth-order valence-corrected chi connectivity index (χ4v) is 4.66. The van der Waals surface area contributed by atoms with Crippen molar-refractivity contribution in [2.75, 3.05) is 0 Å². The van der Waals surface area contributed by atoms with Crippen molar-refractivity contribution in [3.05, 3.63) is 107 Å². The molecular weight excluding hydrogens is 396 g/mol. The minimum absolute atomic E-state index is 0.0554. The highest BCUT2D eigenvalue weighted by molar-refractivity contribution is 5.92. The van der Waals surface area contributed by atoms with Gasteiger partial charge in [0.15, 0.2) is 0 Å². The van der Waals surface area contributed by atoms with Crippen LogP contribution in [-0.2, 0) is 21.0 Å². The number of benzene rings is 4. The second-order valence-electron chi connectivity index (χ2n) is 9.29. The largest absolute Gasteiger partial charge is 0.346 e. The highest BCUT2D eigenvalue weighted by Gasteiger charge is 2.32. The van der Waals surface area contributed by atoms with Crippen LogP contribution in [0.4, 0.5) is 0 Å². The number of hydrogen-bond acceptors (Lipinski definition) is 3. The lowest BCUT2D eigenvalue weighted by atomic mass is 9.82. The second-order valence-corrected chi connectivity index (χ2v) is 9.29. The van der Waals surface area contributed by atoms with Gasteiger partial charge in [-0.25, -0.2) is 4.79 Å². The second kappa shape index (κ2) is 7.92. The van der Waals surface area contributed by atoms with Gasteiger partial charge in [-0.2, -0.15) is 4.89 Å². The van der Waals surface area contributed by atoms with E-state index in [9.17, 15) is 4.79 Å². The summed E-state index contributed by atoms with van der Waals surface area (Å²) in [7, 11) is 0. The molecule has 3 nitrogen and oxygen atoms in total. The van der Waals surface area contributed by atoms with Crippen molar-refractivity contribution in [3.63, 3.8) is 0 Å². The Balaban J connectivity index is 1.67. The smallest absolute Gasteiger partial charge is 0.297 e. The summed E-state index contributed by atoms with van der Waals surface area (Å²) in [5.74, 6) is -0.337. The Morgan fingerprint density at radius 3 is 2.03 bits per heavy atom. The summed E-state index contributed by atoms with van der Waals surface area (Å²) >= 11 is 0. The first-order valence-electron chi connectivity index (χ1n) is 11.0. The van der Waals surface area contributed by atoms with Gasteiger partial charge in [0, 0.05) is 5.92 Å². The molecule has 3 heteroatoms. The number of fused-ring (bicyclic) bond motifs is 4. The Bertz CT molecular complexity index is 1270. The van der Waals surface area contributed by atoms with Gasteiger partial charge in [-0.1, -0.05) is 84.9 Å². The van der Waals surface area contributed by atoms with Crippen molar-refractivity contribution in [1.29, 1.82) is 0 Å². The van der Waals surface area contributed by atoms with E-state index in [0.717, 1.165) is 21.9 Å². The van der Waals surface area contributed by atoms with Gasteiger partial charge in [0.2, 0.25) is 0 Å². The molecule has 0 heterocycles. The maximum Gasteiger partial charge on any atom is 0.346 e. The summed E-state index contributed by atoms with van der Waals surface area (Å²) in [6.45, 7) is 5.57. The first-order valence-corrected chi connectivity index (χ1v) is 11.0.